The van der Waals surface area contributed by atoms with Crippen LogP contribution in [0.4, 0.5) is 0 Å². The van der Waals surface area contributed by atoms with Crippen LogP contribution in [-0.4, -0.2) is 55.1 Å². The number of rotatable bonds is 6. The van der Waals surface area contributed by atoms with Crippen molar-refractivity contribution in [2.24, 2.45) is 0 Å². The highest BCUT2D eigenvalue weighted by Gasteiger charge is 2.28. The first kappa shape index (κ1) is 14.7. The van der Waals surface area contributed by atoms with Gasteiger partial charge in [0.1, 0.15) is 0 Å². The van der Waals surface area contributed by atoms with Crippen LogP contribution in [0.25, 0.3) is 0 Å². The van der Waals surface area contributed by atoms with Gasteiger partial charge in [0.2, 0.25) is 5.91 Å². The maximum absolute atomic E-state index is 11.5. The van der Waals surface area contributed by atoms with Gasteiger partial charge in [0.25, 0.3) is 0 Å². The molecule has 1 fully saturated rings. The minimum Gasteiger partial charge on any atom is -0.379 e. The number of hydrogen-bond acceptors (Lipinski definition) is 3. The van der Waals surface area contributed by atoms with E-state index in [9.17, 15) is 4.79 Å². The fraction of sp³-hybridized carbons (Fsp3) is 0.917. The van der Waals surface area contributed by atoms with Gasteiger partial charge in [0.05, 0.1) is 13.2 Å². The summed E-state index contributed by atoms with van der Waals surface area (Å²) in [4.78, 5) is 13.9. The molecule has 1 heterocycles. The summed E-state index contributed by atoms with van der Waals surface area (Å²) in [5.74, 6) is 0.632. The van der Waals surface area contributed by atoms with E-state index in [1.807, 2.05) is 0 Å². The number of morpholine rings is 1. The summed E-state index contributed by atoms with van der Waals surface area (Å²) in [7, 11) is 0. The van der Waals surface area contributed by atoms with Crippen LogP contribution in [0.2, 0.25) is 0 Å². The van der Waals surface area contributed by atoms with Crippen molar-refractivity contribution in [3.63, 3.8) is 0 Å². The Balaban J connectivity index is 2.29. The third-order valence-corrected chi connectivity index (χ3v) is 3.39. The van der Waals surface area contributed by atoms with Gasteiger partial charge in [-0.15, -0.1) is 11.6 Å². The SMILES string of the molecule is CC(C)(CNC(=O)CCCCl)N1CCOCC1. The summed E-state index contributed by atoms with van der Waals surface area (Å²) in [6.45, 7) is 8.41. The molecule has 1 aliphatic heterocycles. The molecule has 5 heteroatoms. The van der Waals surface area contributed by atoms with Gasteiger partial charge in [-0.2, -0.15) is 0 Å². The molecule has 0 saturated carbocycles. The molecule has 0 spiro atoms. The Morgan fingerprint density at radius 1 is 1.41 bits per heavy atom. The summed E-state index contributed by atoms with van der Waals surface area (Å²) in [6.07, 6.45) is 1.26. The molecule has 0 aromatic rings. The predicted octanol–water partition coefficient (Wildman–Crippen LogP) is 1.23. The molecule has 0 aromatic carbocycles. The first-order valence-electron chi connectivity index (χ1n) is 6.22. The Hall–Kier alpha value is -0.320. The highest BCUT2D eigenvalue weighted by Crippen LogP contribution is 2.15. The van der Waals surface area contributed by atoms with Crippen LogP contribution >= 0.6 is 11.6 Å². The Bertz CT molecular complexity index is 241. The molecule has 4 nitrogen and oxygen atoms in total. The van der Waals surface area contributed by atoms with Crippen molar-refractivity contribution in [2.45, 2.75) is 32.2 Å². The zero-order valence-electron chi connectivity index (χ0n) is 10.8. The predicted molar refractivity (Wildman–Crippen MR) is 69.4 cm³/mol. The Morgan fingerprint density at radius 2 is 2.06 bits per heavy atom. The Morgan fingerprint density at radius 3 is 2.65 bits per heavy atom. The second-order valence-corrected chi connectivity index (χ2v) is 5.36. The number of nitrogens with zero attached hydrogens (tertiary/aromatic N) is 1. The maximum Gasteiger partial charge on any atom is 0.220 e. The number of hydrogen-bond donors (Lipinski definition) is 1. The minimum absolute atomic E-state index is 0.0135. The average molecular weight is 263 g/mol. The molecule has 1 amide bonds. The van der Waals surface area contributed by atoms with Crippen molar-refractivity contribution < 1.29 is 9.53 Å². The highest BCUT2D eigenvalue weighted by molar-refractivity contribution is 6.17. The van der Waals surface area contributed by atoms with Crippen LogP contribution in [0.3, 0.4) is 0 Å². The van der Waals surface area contributed by atoms with E-state index in [4.69, 9.17) is 16.3 Å². The average Bonchev–Trinajstić information content (AvgIpc) is 2.35. The summed E-state index contributed by atoms with van der Waals surface area (Å²) in [6, 6.07) is 0. The largest absolute Gasteiger partial charge is 0.379 e. The quantitative estimate of drug-likeness (QED) is 0.732. The molecule has 0 radical (unpaired) electrons. The number of amides is 1. The van der Waals surface area contributed by atoms with Crippen molar-refractivity contribution in [1.29, 1.82) is 0 Å². The van der Waals surface area contributed by atoms with Gasteiger partial charge in [-0.1, -0.05) is 0 Å². The standard InChI is InChI=1S/C12H23ClN2O2/c1-12(2,15-6-8-17-9-7-15)10-14-11(16)4-3-5-13/h3-10H2,1-2H3,(H,14,16). The van der Waals surface area contributed by atoms with E-state index in [1.165, 1.54) is 0 Å². The number of halogens is 1. The van der Waals surface area contributed by atoms with Crippen molar-refractivity contribution in [3.05, 3.63) is 0 Å². The van der Waals surface area contributed by atoms with Gasteiger partial charge in [0, 0.05) is 37.5 Å². The fourth-order valence-corrected chi connectivity index (χ4v) is 2.04. The topological polar surface area (TPSA) is 41.6 Å². The number of carbonyl (C=O) groups is 1. The van der Waals surface area contributed by atoms with Gasteiger partial charge >= 0.3 is 0 Å². The number of ether oxygens (including phenoxy) is 1. The van der Waals surface area contributed by atoms with Crippen molar-refractivity contribution in [1.82, 2.24) is 10.2 Å². The van der Waals surface area contributed by atoms with E-state index in [1.54, 1.807) is 0 Å². The van der Waals surface area contributed by atoms with Gasteiger partial charge < -0.3 is 10.1 Å². The van der Waals surface area contributed by atoms with Crippen LogP contribution in [0.15, 0.2) is 0 Å². The summed E-state index contributed by atoms with van der Waals surface area (Å²) >= 11 is 5.56. The molecule has 1 rings (SSSR count). The normalized spacial score (nSPS) is 18.1. The third-order valence-electron chi connectivity index (χ3n) is 3.12. The number of nitrogens with one attached hydrogen (secondary N) is 1. The van der Waals surface area contributed by atoms with Crippen LogP contribution < -0.4 is 5.32 Å². The summed E-state index contributed by atoms with van der Waals surface area (Å²) in [5.41, 5.74) is -0.0135. The molecule has 100 valence electrons. The molecule has 0 unspecified atom stereocenters. The van der Waals surface area contributed by atoms with E-state index >= 15 is 0 Å². The van der Waals surface area contributed by atoms with Crippen molar-refractivity contribution >= 4 is 17.5 Å². The van der Waals surface area contributed by atoms with E-state index < -0.39 is 0 Å². The maximum atomic E-state index is 11.5. The van der Waals surface area contributed by atoms with Crippen LogP contribution in [0, 0.1) is 0 Å². The third kappa shape index (κ3) is 5.23. The lowest BCUT2D eigenvalue weighted by molar-refractivity contribution is -0.121. The molecule has 0 bridgehead atoms. The second kappa shape index (κ2) is 7.19. The second-order valence-electron chi connectivity index (χ2n) is 4.98. The summed E-state index contributed by atoms with van der Waals surface area (Å²) < 4.78 is 5.33. The van der Waals surface area contributed by atoms with E-state index in [0.717, 1.165) is 32.7 Å². The zero-order chi connectivity index (χ0) is 12.7. The monoisotopic (exact) mass is 262 g/mol. The first-order valence-corrected chi connectivity index (χ1v) is 6.75. The van der Waals surface area contributed by atoms with E-state index in [2.05, 4.69) is 24.1 Å². The van der Waals surface area contributed by atoms with Gasteiger partial charge in [-0.25, -0.2) is 0 Å². The zero-order valence-corrected chi connectivity index (χ0v) is 11.6. The lowest BCUT2D eigenvalue weighted by Gasteiger charge is -2.40. The van der Waals surface area contributed by atoms with Crippen LogP contribution in [0.1, 0.15) is 26.7 Å². The molecule has 17 heavy (non-hydrogen) atoms. The van der Waals surface area contributed by atoms with Gasteiger partial charge in [0.15, 0.2) is 0 Å². The smallest absolute Gasteiger partial charge is 0.220 e. The molecule has 0 aliphatic carbocycles. The van der Waals surface area contributed by atoms with E-state index in [0.29, 0.717) is 18.8 Å². The van der Waals surface area contributed by atoms with Gasteiger partial charge in [-0.3, -0.25) is 9.69 Å². The molecular weight excluding hydrogens is 240 g/mol. The number of carbonyl (C=O) groups excluding carboxylic acids is 1. The molecule has 1 aliphatic rings. The molecule has 1 N–H and O–H groups in total. The van der Waals surface area contributed by atoms with Crippen LogP contribution in [0.5, 0.6) is 0 Å². The van der Waals surface area contributed by atoms with Crippen LogP contribution in [-0.2, 0) is 9.53 Å². The highest BCUT2D eigenvalue weighted by atomic mass is 35.5. The first-order chi connectivity index (χ1) is 8.06. The Labute approximate surface area is 109 Å². The van der Waals surface area contributed by atoms with Crippen molar-refractivity contribution in [2.75, 3.05) is 38.7 Å². The number of alkyl halides is 1. The lowest BCUT2D eigenvalue weighted by Crippen LogP contribution is -2.55. The van der Waals surface area contributed by atoms with Crippen molar-refractivity contribution in [3.8, 4) is 0 Å². The van der Waals surface area contributed by atoms with E-state index in [-0.39, 0.29) is 11.4 Å². The Kier molecular flexibility index (Phi) is 6.23. The van der Waals surface area contributed by atoms with Gasteiger partial charge in [-0.05, 0) is 20.3 Å². The summed E-state index contributed by atoms with van der Waals surface area (Å²) in [5, 5.41) is 2.97. The molecular formula is C12H23ClN2O2. The molecule has 0 atom stereocenters. The molecule has 1 saturated heterocycles. The minimum atomic E-state index is -0.0135. The fourth-order valence-electron chi connectivity index (χ4n) is 1.91. The lowest BCUT2D eigenvalue weighted by atomic mass is 10.0. The molecule has 0 aromatic heterocycles.